The van der Waals surface area contributed by atoms with Crippen molar-refractivity contribution in [2.45, 2.75) is 24.1 Å². The summed E-state index contributed by atoms with van der Waals surface area (Å²) in [5.41, 5.74) is 0. The summed E-state index contributed by atoms with van der Waals surface area (Å²) < 4.78 is 26.6. The standard InChI is InChI=1S/C8H13N3O5S/c1-5(12)7(8(13)14)10-17(15,16)6-3-4-9-11(6)2/h3-5,7,10,12H,1-2H3,(H,13,14). The lowest BCUT2D eigenvalue weighted by Gasteiger charge is -2.16. The van der Waals surface area contributed by atoms with Crippen LogP contribution in [0.25, 0.3) is 0 Å². The number of aliphatic carboxylic acids is 1. The lowest BCUT2D eigenvalue weighted by Crippen LogP contribution is -2.47. The Kier molecular flexibility index (Phi) is 3.86. The summed E-state index contributed by atoms with van der Waals surface area (Å²) in [5.74, 6) is -1.45. The third kappa shape index (κ3) is 3.02. The van der Waals surface area contributed by atoms with Gasteiger partial charge < -0.3 is 10.2 Å². The highest BCUT2D eigenvalue weighted by molar-refractivity contribution is 7.89. The van der Waals surface area contributed by atoms with Crippen LogP contribution in [0.2, 0.25) is 0 Å². The highest BCUT2D eigenvalue weighted by Gasteiger charge is 2.30. The number of aromatic nitrogens is 2. The van der Waals surface area contributed by atoms with Crippen LogP contribution in [-0.4, -0.2) is 46.5 Å². The fourth-order valence-electron chi connectivity index (χ4n) is 1.21. The summed E-state index contributed by atoms with van der Waals surface area (Å²) in [6, 6.07) is -0.376. The van der Waals surface area contributed by atoms with Gasteiger partial charge in [-0.05, 0) is 13.0 Å². The number of sulfonamides is 1. The third-order valence-corrected chi connectivity index (χ3v) is 3.60. The van der Waals surface area contributed by atoms with Crippen molar-refractivity contribution < 1.29 is 23.4 Å². The maximum absolute atomic E-state index is 11.8. The van der Waals surface area contributed by atoms with Gasteiger partial charge in [-0.3, -0.25) is 9.48 Å². The predicted octanol–water partition coefficient (Wildman–Crippen LogP) is -1.47. The quantitative estimate of drug-likeness (QED) is 0.596. The number of nitrogens with one attached hydrogen (secondary N) is 1. The summed E-state index contributed by atoms with van der Waals surface area (Å²) in [6.07, 6.45) is -0.0808. The Morgan fingerprint density at radius 2 is 2.18 bits per heavy atom. The number of rotatable bonds is 5. The number of carbonyl (C=O) groups is 1. The maximum atomic E-state index is 11.8. The highest BCUT2D eigenvalue weighted by atomic mass is 32.2. The maximum Gasteiger partial charge on any atom is 0.324 e. The molecule has 2 atom stereocenters. The molecule has 1 heterocycles. The van der Waals surface area contributed by atoms with Gasteiger partial charge in [0.25, 0.3) is 10.0 Å². The third-order valence-electron chi connectivity index (χ3n) is 2.08. The van der Waals surface area contributed by atoms with Crippen LogP contribution in [0, 0.1) is 0 Å². The van der Waals surface area contributed by atoms with Gasteiger partial charge in [0.2, 0.25) is 0 Å². The molecule has 1 aromatic rings. The number of hydrogen-bond donors (Lipinski definition) is 3. The molecule has 1 rings (SSSR count). The molecule has 0 bridgehead atoms. The molecule has 8 nitrogen and oxygen atoms in total. The number of nitrogens with zero attached hydrogens (tertiary/aromatic N) is 2. The molecule has 1 aromatic heterocycles. The molecule has 0 radical (unpaired) electrons. The fraction of sp³-hybridized carbons (Fsp3) is 0.500. The molecule has 0 aliphatic rings. The summed E-state index contributed by atoms with van der Waals surface area (Å²) in [4.78, 5) is 10.8. The van der Waals surface area contributed by atoms with E-state index in [9.17, 15) is 18.3 Å². The van der Waals surface area contributed by atoms with Crippen molar-refractivity contribution in [3.8, 4) is 0 Å². The van der Waals surface area contributed by atoms with Gasteiger partial charge in [0.05, 0.1) is 12.3 Å². The summed E-state index contributed by atoms with van der Waals surface area (Å²) >= 11 is 0. The van der Waals surface area contributed by atoms with Gasteiger partial charge in [-0.25, -0.2) is 8.42 Å². The zero-order chi connectivity index (χ0) is 13.2. The minimum Gasteiger partial charge on any atom is -0.480 e. The van der Waals surface area contributed by atoms with E-state index in [-0.39, 0.29) is 5.03 Å². The number of aliphatic hydroxyl groups excluding tert-OH is 1. The minimum atomic E-state index is -4.03. The van der Waals surface area contributed by atoms with Crippen molar-refractivity contribution in [1.29, 1.82) is 0 Å². The molecule has 0 spiro atoms. The van der Waals surface area contributed by atoms with Crippen LogP contribution in [0.15, 0.2) is 17.3 Å². The molecule has 0 saturated heterocycles. The molecule has 0 aliphatic carbocycles. The smallest absolute Gasteiger partial charge is 0.324 e. The SMILES string of the molecule is CC(O)C(NS(=O)(=O)c1ccnn1C)C(=O)O. The highest BCUT2D eigenvalue weighted by Crippen LogP contribution is 2.08. The molecule has 0 amide bonds. The molecule has 3 N–H and O–H groups in total. The van der Waals surface area contributed by atoms with Gasteiger partial charge in [0.15, 0.2) is 5.03 Å². The van der Waals surface area contributed by atoms with Crippen molar-refractivity contribution in [1.82, 2.24) is 14.5 Å². The lowest BCUT2D eigenvalue weighted by molar-refractivity contribution is -0.141. The van der Waals surface area contributed by atoms with Crippen molar-refractivity contribution >= 4 is 16.0 Å². The van der Waals surface area contributed by atoms with E-state index in [4.69, 9.17) is 5.11 Å². The Morgan fingerprint density at radius 3 is 2.53 bits per heavy atom. The topological polar surface area (TPSA) is 122 Å². The van der Waals surface area contributed by atoms with Gasteiger partial charge >= 0.3 is 5.97 Å². The molecule has 0 aromatic carbocycles. The first-order chi connectivity index (χ1) is 7.75. The molecule has 17 heavy (non-hydrogen) atoms. The lowest BCUT2D eigenvalue weighted by atomic mass is 10.2. The average molecular weight is 263 g/mol. The minimum absolute atomic E-state index is 0.176. The Labute approximate surface area is 97.9 Å². The monoisotopic (exact) mass is 263 g/mol. The number of aryl methyl sites for hydroxylation is 1. The van der Waals surface area contributed by atoms with Crippen molar-refractivity contribution in [2.75, 3.05) is 0 Å². The summed E-state index contributed by atoms with van der Waals surface area (Å²) in [7, 11) is -2.62. The number of carboxylic acid groups (broad SMARTS) is 1. The van der Waals surface area contributed by atoms with E-state index in [2.05, 4.69) is 5.10 Å². The fourth-order valence-corrected chi connectivity index (χ4v) is 2.60. The number of carboxylic acids is 1. The second-order valence-electron chi connectivity index (χ2n) is 3.47. The zero-order valence-electron chi connectivity index (χ0n) is 9.23. The van der Waals surface area contributed by atoms with Crippen molar-refractivity contribution in [2.24, 2.45) is 7.05 Å². The van der Waals surface area contributed by atoms with Gasteiger partial charge in [-0.15, -0.1) is 0 Å². The van der Waals surface area contributed by atoms with E-state index < -0.39 is 28.1 Å². The molecule has 2 unspecified atom stereocenters. The number of hydrogen-bond acceptors (Lipinski definition) is 5. The molecule has 0 saturated carbocycles. The summed E-state index contributed by atoms with van der Waals surface area (Å²) in [5, 5.41) is 21.4. The van der Waals surface area contributed by atoms with Crippen LogP contribution in [0.4, 0.5) is 0 Å². The molecular weight excluding hydrogens is 250 g/mol. The van der Waals surface area contributed by atoms with E-state index in [1.165, 1.54) is 26.2 Å². The van der Waals surface area contributed by atoms with Crippen molar-refractivity contribution in [3.05, 3.63) is 12.3 Å². The van der Waals surface area contributed by atoms with E-state index in [1.54, 1.807) is 0 Å². The second kappa shape index (κ2) is 4.82. The first-order valence-electron chi connectivity index (χ1n) is 4.67. The van der Waals surface area contributed by atoms with Crippen LogP contribution in [0.3, 0.4) is 0 Å². The molecule has 0 fully saturated rings. The number of aliphatic hydroxyl groups is 1. The average Bonchev–Trinajstić information content (AvgIpc) is 2.60. The predicted molar refractivity (Wildman–Crippen MR) is 56.6 cm³/mol. The van der Waals surface area contributed by atoms with Crippen LogP contribution >= 0.6 is 0 Å². The summed E-state index contributed by atoms with van der Waals surface area (Å²) in [6.45, 7) is 1.19. The normalized spacial score (nSPS) is 15.5. The van der Waals surface area contributed by atoms with E-state index in [1.807, 2.05) is 4.72 Å². The van der Waals surface area contributed by atoms with Crippen LogP contribution in [0.5, 0.6) is 0 Å². The van der Waals surface area contributed by atoms with Gasteiger partial charge in [0.1, 0.15) is 6.04 Å². The Bertz CT molecular complexity index is 507. The first-order valence-corrected chi connectivity index (χ1v) is 6.15. The molecule has 0 aliphatic heterocycles. The van der Waals surface area contributed by atoms with Gasteiger partial charge in [-0.2, -0.15) is 9.82 Å². The largest absolute Gasteiger partial charge is 0.480 e. The Hall–Kier alpha value is -1.45. The Morgan fingerprint density at radius 1 is 1.59 bits per heavy atom. The molecular formula is C8H13N3O5S. The van der Waals surface area contributed by atoms with E-state index in [0.717, 1.165) is 4.68 Å². The van der Waals surface area contributed by atoms with Crippen LogP contribution < -0.4 is 4.72 Å². The first kappa shape index (κ1) is 13.6. The molecule has 96 valence electrons. The molecule has 9 heteroatoms. The zero-order valence-corrected chi connectivity index (χ0v) is 10.0. The van der Waals surface area contributed by atoms with Gasteiger partial charge in [-0.1, -0.05) is 0 Å². The van der Waals surface area contributed by atoms with Crippen molar-refractivity contribution in [3.63, 3.8) is 0 Å². The van der Waals surface area contributed by atoms with Crippen LogP contribution in [0.1, 0.15) is 6.92 Å². The Balaban J connectivity index is 3.01. The van der Waals surface area contributed by atoms with Crippen LogP contribution in [-0.2, 0) is 21.9 Å². The van der Waals surface area contributed by atoms with E-state index in [0.29, 0.717) is 0 Å². The van der Waals surface area contributed by atoms with E-state index >= 15 is 0 Å². The van der Waals surface area contributed by atoms with Gasteiger partial charge in [0, 0.05) is 7.05 Å². The second-order valence-corrected chi connectivity index (χ2v) is 5.13.